The van der Waals surface area contributed by atoms with Gasteiger partial charge in [-0.05, 0) is 44.0 Å². The van der Waals surface area contributed by atoms with E-state index < -0.39 is 0 Å². The van der Waals surface area contributed by atoms with Crippen molar-refractivity contribution in [3.05, 3.63) is 35.0 Å². The lowest BCUT2D eigenvalue weighted by atomic mass is 9.94. The molecule has 0 spiro atoms. The highest BCUT2D eigenvalue weighted by Gasteiger charge is 2.21. The largest absolute Gasteiger partial charge is 0.361 e. The van der Waals surface area contributed by atoms with Crippen LogP contribution in [0.25, 0.3) is 10.9 Å². The number of fused-ring (bicyclic) bond motifs is 1. The quantitative estimate of drug-likeness (QED) is 0.878. The summed E-state index contributed by atoms with van der Waals surface area (Å²) in [5.41, 5.74) is 1.95. The molecule has 96 valence electrons. The first-order chi connectivity index (χ1) is 8.37. The molecular weight excluding hydrogens is 248 g/mol. The Bertz CT molecular complexity index is 586. The van der Waals surface area contributed by atoms with Crippen molar-refractivity contribution in [3.8, 4) is 0 Å². The minimum absolute atomic E-state index is 0.0159. The number of hydrogen-bond acceptors (Lipinski definition) is 1. The van der Waals surface area contributed by atoms with Crippen LogP contribution in [0.4, 0.5) is 0 Å². The predicted molar refractivity (Wildman–Crippen MR) is 74.9 cm³/mol. The molecule has 1 aromatic carbocycles. The predicted octanol–water partition coefficient (Wildman–Crippen LogP) is 3.28. The molecule has 2 aromatic rings. The maximum atomic E-state index is 11.2. The molecule has 0 aliphatic carbocycles. The van der Waals surface area contributed by atoms with E-state index in [-0.39, 0.29) is 11.4 Å². The molecule has 0 saturated carbocycles. The van der Waals surface area contributed by atoms with Gasteiger partial charge in [-0.25, -0.2) is 0 Å². The molecular formula is C14H17ClN2O. The van der Waals surface area contributed by atoms with Crippen molar-refractivity contribution in [2.45, 2.75) is 32.7 Å². The van der Waals surface area contributed by atoms with E-state index in [0.717, 1.165) is 27.9 Å². The monoisotopic (exact) mass is 264 g/mol. The van der Waals surface area contributed by atoms with Crippen LogP contribution in [0.1, 0.15) is 26.3 Å². The Labute approximate surface area is 112 Å². The van der Waals surface area contributed by atoms with E-state index in [0.29, 0.717) is 0 Å². The van der Waals surface area contributed by atoms with Crippen LogP contribution in [0, 0.1) is 0 Å². The number of aromatic amines is 1. The van der Waals surface area contributed by atoms with E-state index in [2.05, 4.69) is 10.3 Å². The van der Waals surface area contributed by atoms with Crippen LogP contribution >= 0.6 is 11.6 Å². The van der Waals surface area contributed by atoms with Crippen LogP contribution in [0.5, 0.6) is 0 Å². The van der Waals surface area contributed by atoms with Crippen LogP contribution in [0.3, 0.4) is 0 Å². The molecule has 18 heavy (non-hydrogen) atoms. The lowest BCUT2D eigenvalue weighted by Gasteiger charge is -2.25. The fraction of sp³-hybridized carbons (Fsp3) is 0.357. The fourth-order valence-corrected chi connectivity index (χ4v) is 2.47. The van der Waals surface area contributed by atoms with E-state index in [1.165, 1.54) is 6.92 Å². The summed E-state index contributed by atoms with van der Waals surface area (Å²) in [5, 5.41) is 4.79. The number of carbonyl (C=O) groups is 1. The number of rotatable bonds is 3. The summed E-state index contributed by atoms with van der Waals surface area (Å²) in [4.78, 5) is 14.4. The molecule has 0 unspecified atom stereocenters. The highest BCUT2D eigenvalue weighted by atomic mass is 35.5. The van der Waals surface area contributed by atoms with Crippen LogP contribution < -0.4 is 5.32 Å². The highest BCUT2D eigenvalue weighted by molar-refractivity contribution is 6.31. The number of amides is 1. The number of aromatic nitrogens is 1. The smallest absolute Gasteiger partial charge is 0.217 e. The Kier molecular flexibility index (Phi) is 3.35. The average Bonchev–Trinajstić information content (AvgIpc) is 2.58. The van der Waals surface area contributed by atoms with Gasteiger partial charge >= 0.3 is 0 Å². The number of H-pyrrole nitrogens is 1. The first-order valence-electron chi connectivity index (χ1n) is 5.92. The molecule has 0 atom stereocenters. The first kappa shape index (κ1) is 13.0. The number of hydrogen-bond donors (Lipinski definition) is 2. The molecule has 2 N–H and O–H groups in total. The lowest BCUT2D eigenvalue weighted by molar-refractivity contribution is -0.120. The maximum absolute atomic E-state index is 11.2. The Morgan fingerprint density at radius 2 is 2.17 bits per heavy atom. The second-order valence-corrected chi connectivity index (χ2v) is 5.68. The van der Waals surface area contributed by atoms with E-state index in [9.17, 15) is 4.79 Å². The van der Waals surface area contributed by atoms with Gasteiger partial charge in [0.05, 0.1) is 0 Å². The summed E-state index contributed by atoms with van der Waals surface area (Å²) >= 11 is 6.02. The van der Waals surface area contributed by atoms with E-state index in [1.807, 2.05) is 38.2 Å². The van der Waals surface area contributed by atoms with E-state index in [1.54, 1.807) is 0 Å². The van der Waals surface area contributed by atoms with Gasteiger partial charge < -0.3 is 10.3 Å². The summed E-state index contributed by atoms with van der Waals surface area (Å²) in [6.07, 6.45) is 2.73. The topological polar surface area (TPSA) is 44.9 Å². The normalized spacial score (nSPS) is 11.8. The minimum atomic E-state index is -0.275. The zero-order chi connectivity index (χ0) is 13.3. The van der Waals surface area contributed by atoms with Crippen LogP contribution in [-0.4, -0.2) is 16.4 Å². The van der Waals surface area contributed by atoms with Crippen LogP contribution in [0.15, 0.2) is 24.4 Å². The molecule has 0 aliphatic rings. The van der Waals surface area contributed by atoms with E-state index >= 15 is 0 Å². The molecule has 1 heterocycles. The number of nitrogens with one attached hydrogen (secondary N) is 2. The van der Waals surface area contributed by atoms with Gasteiger partial charge in [-0.1, -0.05) is 11.6 Å². The summed E-state index contributed by atoms with van der Waals surface area (Å²) < 4.78 is 0. The maximum Gasteiger partial charge on any atom is 0.217 e. The highest BCUT2D eigenvalue weighted by Crippen LogP contribution is 2.25. The van der Waals surface area contributed by atoms with Gasteiger partial charge in [-0.2, -0.15) is 0 Å². The molecule has 2 rings (SSSR count). The molecule has 4 heteroatoms. The second kappa shape index (κ2) is 4.65. The molecule has 0 saturated heterocycles. The molecule has 0 aliphatic heterocycles. The summed E-state index contributed by atoms with van der Waals surface area (Å²) in [6.45, 7) is 5.56. The third kappa shape index (κ3) is 2.85. The number of carbonyl (C=O) groups excluding carboxylic acids is 1. The van der Waals surface area contributed by atoms with Crippen molar-refractivity contribution in [2.24, 2.45) is 0 Å². The Balaban J connectivity index is 2.31. The van der Waals surface area contributed by atoms with Gasteiger partial charge in [0.25, 0.3) is 0 Å². The SMILES string of the molecule is CC(=O)NC(C)(C)Cc1c[nH]c2ccc(Cl)cc12. The van der Waals surface area contributed by atoms with Gasteiger partial charge in [0.2, 0.25) is 5.91 Å². The second-order valence-electron chi connectivity index (χ2n) is 5.25. The van der Waals surface area contributed by atoms with Gasteiger partial charge in [0, 0.05) is 34.6 Å². The molecule has 1 amide bonds. The van der Waals surface area contributed by atoms with Crippen LogP contribution in [0.2, 0.25) is 5.02 Å². The van der Waals surface area contributed by atoms with Gasteiger partial charge in [0.1, 0.15) is 0 Å². The van der Waals surface area contributed by atoms with Crippen molar-refractivity contribution < 1.29 is 4.79 Å². The minimum Gasteiger partial charge on any atom is -0.361 e. The van der Waals surface area contributed by atoms with Crippen molar-refractivity contribution >= 4 is 28.4 Å². The third-order valence-corrected chi connectivity index (χ3v) is 3.11. The molecule has 0 radical (unpaired) electrons. The Hall–Kier alpha value is -1.48. The number of halogens is 1. The average molecular weight is 265 g/mol. The third-order valence-electron chi connectivity index (χ3n) is 2.88. The lowest BCUT2D eigenvalue weighted by Crippen LogP contribution is -2.43. The molecule has 0 fully saturated rings. The Morgan fingerprint density at radius 3 is 2.83 bits per heavy atom. The van der Waals surface area contributed by atoms with Gasteiger partial charge in [0.15, 0.2) is 0 Å². The van der Waals surface area contributed by atoms with Crippen molar-refractivity contribution in [3.63, 3.8) is 0 Å². The molecule has 0 bridgehead atoms. The zero-order valence-electron chi connectivity index (χ0n) is 10.8. The zero-order valence-corrected chi connectivity index (χ0v) is 11.6. The van der Waals surface area contributed by atoms with E-state index in [4.69, 9.17) is 11.6 Å². The fourth-order valence-electron chi connectivity index (χ4n) is 2.29. The number of benzene rings is 1. The van der Waals surface area contributed by atoms with Crippen molar-refractivity contribution in [1.29, 1.82) is 0 Å². The van der Waals surface area contributed by atoms with Crippen LogP contribution in [-0.2, 0) is 11.2 Å². The standard InChI is InChI=1S/C14H17ClN2O/c1-9(18)17-14(2,3)7-10-8-16-13-5-4-11(15)6-12(10)13/h4-6,8,16H,7H2,1-3H3,(H,17,18). The summed E-state index contributed by atoms with van der Waals surface area (Å²) in [6, 6.07) is 5.78. The van der Waals surface area contributed by atoms with Gasteiger partial charge in [-0.15, -0.1) is 0 Å². The van der Waals surface area contributed by atoms with Gasteiger partial charge in [-0.3, -0.25) is 4.79 Å². The summed E-state index contributed by atoms with van der Waals surface area (Å²) in [7, 11) is 0. The first-order valence-corrected chi connectivity index (χ1v) is 6.29. The van der Waals surface area contributed by atoms with Crippen molar-refractivity contribution in [2.75, 3.05) is 0 Å². The van der Waals surface area contributed by atoms with Crippen molar-refractivity contribution in [1.82, 2.24) is 10.3 Å². The molecule has 1 aromatic heterocycles. The molecule has 3 nitrogen and oxygen atoms in total. The Morgan fingerprint density at radius 1 is 1.44 bits per heavy atom. The summed E-state index contributed by atoms with van der Waals surface area (Å²) in [5.74, 6) is -0.0159.